The van der Waals surface area contributed by atoms with Crippen molar-refractivity contribution in [2.24, 2.45) is 4.99 Å². The monoisotopic (exact) mass is 490 g/mol. The van der Waals surface area contributed by atoms with E-state index in [2.05, 4.69) is 20.3 Å². The van der Waals surface area contributed by atoms with Crippen LogP contribution in [-0.4, -0.2) is 60.4 Å². The van der Waals surface area contributed by atoms with Gasteiger partial charge in [0.1, 0.15) is 11.6 Å². The van der Waals surface area contributed by atoms with Crippen molar-refractivity contribution in [1.29, 1.82) is 0 Å². The molecular formula is C18H25F2IN6. The standard InChI is InChI=1S/C18H24F2N6.HI/c1-21-18(22-6-2-8-26-9-3-7-23-26)25-12-10-24(11-13-25)17-14-15(19)4-5-16(17)20;/h3-5,7,9,14H,2,6,8,10-13H2,1H3,(H,21,22);1H. The zero-order chi connectivity index (χ0) is 18.4. The van der Waals surface area contributed by atoms with Gasteiger partial charge in [-0.1, -0.05) is 0 Å². The highest BCUT2D eigenvalue weighted by Gasteiger charge is 2.21. The number of anilines is 1. The number of aryl methyl sites for hydroxylation is 1. The van der Waals surface area contributed by atoms with Crippen LogP contribution >= 0.6 is 24.0 Å². The molecular weight excluding hydrogens is 465 g/mol. The second-order valence-corrected chi connectivity index (χ2v) is 6.17. The number of halogens is 3. The molecule has 0 amide bonds. The fourth-order valence-corrected chi connectivity index (χ4v) is 3.09. The van der Waals surface area contributed by atoms with Crippen LogP contribution in [0.5, 0.6) is 0 Å². The Hall–Kier alpha value is -1.91. The molecule has 1 aliphatic heterocycles. The highest BCUT2D eigenvalue weighted by atomic mass is 127. The van der Waals surface area contributed by atoms with E-state index in [0.717, 1.165) is 31.5 Å². The molecule has 0 atom stereocenters. The van der Waals surface area contributed by atoms with E-state index in [0.29, 0.717) is 31.9 Å². The van der Waals surface area contributed by atoms with Crippen LogP contribution in [0.2, 0.25) is 0 Å². The summed E-state index contributed by atoms with van der Waals surface area (Å²) in [5.74, 6) is 0.0318. The zero-order valence-corrected chi connectivity index (χ0v) is 17.6. The van der Waals surface area contributed by atoms with Crippen molar-refractivity contribution in [2.45, 2.75) is 13.0 Å². The highest BCUT2D eigenvalue weighted by Crippen LogP contribution is 2.21. The number of benzene rings is 1. The first kappa shape index (κ1) is 21.4. The quantitative estimate of drug-likeness (QED) is 0.303. The van der Waals surface area contributed by atoms with E-state index >= 15 is 0 Å². The van der Waals surface area contributed by atoms with E-state index < -0.39 is 5.82 Å². The molecule has 2 aromatic rings. The van der Waals surface area contributed by atoms with Crippen molar-refractivity contribution in [1.82, 2.24) is 20.0 Å². The molecule has 0 unspecified atom stereocenters. The summed E-state index contributed by atoms with van der Waals surface area (Å²) in [6.45, 7) is 4.29. The largest absolute Gasteiger partial charge is 0.366 e. The lowest BCUT2D eigenvalue weighted by molar-refractivity contribution is 0.369. The van der Waals surface area contributed by atoms with Gasteiger partial charge in [-0.05, 0) is 24.6 Å². The van der Waals surface area contributed by atoms with Gasteiger partial charge in [-0.2, -0.15) is 5.10 Å². The molecule has 148 valence electrons. The zero-order valence-electron chi connectivity index (χ0n) is 15.3. The second-order valence-electron chi connectivity index (χ2n) is 6.17. The topological polar surface area (TPSA) is 48.7 Å². The van der Waals surface area contributed by atoms with Crippen LogP contribution in [0.15, 0.2) is 41.7 Å². The van der Waals surface area contributed by atoms with Gasteiger partial charge in [0.2, 0.25) is 0 Å². The number of aromatic nitrogens is 2. The maximum atomic E-state index is 13.9. The number of nitrogens with one attached hydrogen (secondary N) is 1. The number of piperazine rings is 1. The third-order valence-corrected chi connectivity index (χ3v) is 4.45. The molecule has 1 aliphatic rings. The van der Waals surface area contributed by atoms with Gasteiger partial charge in [0.15, 0.2) is 5.96 Å². The van der Waals surface area contributed by atoms with Crippen molar-refractivity contribution in [3.05, 3.63) is 48.3 Å². The maximum Gasteiger partial charge on any atom is 0.193 e. The van der Waals surface area contributed by atoms with Crippen LogP contribution < -0.4 is 10.2 Å². The smallest absolute Gasteiger partial charge is 0.193 e. The summed E-state index contributed by atoms with van der Waals surface area (Å²) in [5, 5.41) is 7.54. The lowest BCUT2D eigenvalue weighted by atomic mass is 10.2. The fourth-order valence-electron chi connectivity index (χ4n) is 3.09. The van der Waals surface area contributed by atoms with Crippen LogP contribution in [0.4, 0.5) is 14.5 Å². The Balaban J connectivity index is 0.00000261. The predicted octanol–water partition coefficient (Wildman–Crippen LogP) is 2.57. The Morgan fingerprint density at radius 2 is 2.00 bits per heavy atom. The van der Waals surface area contributed by atoms with Crippen LogP contribution in [0.25, 0.3) is 0 Å². The first-order chi connectivity index (χ1) is 12.7. The van der Waals surface area contributed by atoms with E-state index in [-0.39, 0.29) is 29.8 Å². The lowest BCUT2D eigenvalue weighted by Crippen LogP contribution is -2.52. The fraction of sp³-hybridized carbons (Fsp3) is 0.444. The predicted molar refractivity (Wildman–Crippen MR) is 114 cm³/mol. The summed E-state index contributed by atoms with van der Waals surface area (Å²) in [7, 11) is 1.76. The van der Waals surface area contributed by atoms with Gasteiger partial charge in [-0.15, -0.1) is 24.0 Å². The van der Waals surface area contributed by atoms with Crippen molar-refractivity contribution < 1.29 is 8.78 Å². The Morgan fingerprint density at radius 3 is 2.67 bits per heavy atom. The van der Waals surface area contributed by atoms with Gasteiger partial charge >= 0.3 is 0 Å². The normalized spacial score (nSPS) is 14.9. The highest BCUT2D eigenvalue weighted by molar-refractivity contribution is 14.0. The third kappa shape index (κ3) is 5.78. The lowest BCUT2D eigenvalue weighted by Gasteiger charge is -2.37. The molecule has 1 N–H and O–H groups in total. The Bertz CT molecular complexity index is 729. The Labute approximate surface area is 175 Å². The Kier molecular flexibility index (Phi) is 8.26. The molecule has 0 aliphatic carbocycles. The molecule has 1 fully saturated rings. The molecule has 0 spiro atoms. The van der Waals surface area contributed by atoms with E-state index in [1.54, 1.807) is 13.2 Å². The molecule has 3 rings (SSSR count). The first-order valence-electron chi connectivity index (χ1n) is 8.80. The molecule has 0 radical (unpaired) electrons. The van der Waals surface area contributed by atoms with E-state index in [1.165, 1.54) is 12.1 Å². The van der Waals surface area contributed by atoms with Crippen LogP contribution in [0.1, 0.15) is 6.42 Å². The molecule has 0 saturated carbocycles. The molecule has 1 aromatic carbocycles. The number of nitrogens with zero attached hydrogens (tertiary/aromatic N) is 5. The molecule has 9 heteroatoms. The van der Waals surface area contributed by atoms with E-state index in [1.807, 2.05) is 21.8 Å². The van der Waals surface area contributed by atoms with Crippen molar-refractivity contribution >= 4 is 35.6 Å². The molecule has 1 saturated heterocycles. The van der Waals surface area contributed by atoms with Crippen LogP contribution in [0.3, 0.4) is 0 Å². The van der Waals surface area contributed by atoms with Crippen molar-refractivity contribution in [2.75, 3.05) is 44.7 Å². The first-order valence-corrected chi connectivity index (χ1v) is 8.80. The van der Waals surface area contributed by atoms with Crippen molar-refractivity contribution in [3.8, 4) is 0 Å². The third-order valence-electron chi connectivity index (χ3n) is 4.45. The molecule has 2 heterocycles. The summed E-state index contributed by atoms with van der Waals surface area (Å²) in [6.07, 6.45) is 4.65. The minimum absolute atomic E-state index is 0. The average Bonchev–Trinajstić information content (AvgIpc) is 3.18. The number of hydrogen-bond acceptors (Lipinski definition) is 3. The molecule has 1 aromatic heterocycles. The summed E-state index contributed by atoms with van der Waals surface area (Å²) in [6, 6.07) is 5.49. The number of rotatable bonds is 5. The summed E-state index contributed by atoms with van der Waals surface area (Å²) >= 11 is 0. The molecule has 27 heavy (non-hydrogen) atoms. The SMILES string of the molecule is CN=C(NCCCn1cccn1)N1CCN(c2cc(F)ccc2F)CC1.I. The van der Waals surface area contributed by atoms with Gasteiger partial charge in [-0.25, -0.2) is 8.78 Å². The molecule has 0 bridgehead atoms. The number of aliphatic imine (C=N–C) groups is 1. The van der Waals surface area contributed by atoms with Crippen molar-refractivity contribution in [3.63, 3.8) is 0 Å². The number of hydrogen-bond donors (Lipinski definition) is 1. The maximum absolute atomic E-state index is 13.9. The van der Waals surface area contributed by atoms with E-state index in [9.17, 15) is 8.78 Å². The van der Waals surface area contributed by atoms with Crippen LogP contribution in [0, 0.1) is 11.6 Å². The average molecular weight is 490 g/mol. The second kappa shape index (κ2) is 10.4. The van der Waals surface area contributed by atoms with Gasteiger partial charge < -0.3 is 15.1 Å². The summed E-state index contributed by atoms with van der Waals surface area (Å²) in [4.78, 5) is 8.35. The van der Waals surface area contributed by atoms with Crippen LogP contribution in [-0.2, 0) is 6.54 Å². The minimum atomic E-state index is -0.418. The van der Waals surface area contributed by atoms with Gasteiger partial charge in [-0.3, -0.25) is 9.67 Å². The summed E-state index contributed by atoms with van der Waals surface area (Å²) < 4.78 is 29.2. The van der Waals surface area contributed by atoms with Gasteiger partial charge in [0, 0.05) is 64.8 Å². The van der Waals surface area contributed by atoms with Gasteiger partial charge in [0.25, 0.3) is 0 Å². The van der Waals surface area contributed by atoms with Gasteiger partial charge in [0.05, 0.1) is 5.69 Å². The minimum Gasteiger partial charge on any atom is -0.366 e. The van der Waals surface area contributed by atoms with E-state index in [4.69, 9.17) is 0 Å². The number of guanidine groups is 1. The molecule has 6 nitrogen and oxygen atoms in total. The summed E-state index contributed by atoms with van der Waals surface area (Å²) in [5.41, 5.74) is 0.326. The Morgan fingerprint density at radius 1 is 1.22 bits per heavy atom.